The van der Waals surface area contributed by atoms with E-state index in [-0.39, 0.29) is 11.9 Å². The molecule has 0 aliphatic carbocycles. The molecule has 0 fully saturated rings. The van der Waals surface area contributed by atoms with E-state index in [0.29, 0.717) is 12.1 Å². The zero-order chi connectivity index (χ0) is 16.6. The van der Waals surface area contributed by atoms with Gasteiger partial charge in [0, 0.05) is 12.1 Å². The molecule has 0 unspecified atom stereocenters. The molecule has 3 rings (SSSR count). The quantitative estimate of drug-likeness (QED) is 0.799. The maximum Gasteiger partial charge on any atom is 0.251 e. The molecule has 1 aromatic carbocycles. The van der Waals surface area contributed by atoms with Crippen LogP contribution in [-0.4, -0.2) is 32.2 Å². The van der Waals surface area contributed by atoms with E-state index >= 15 is 0 Å². The summed E-state index contributed by atoms with van der Waals surface area (Å²) in [4.78, 5) is 21.0. The Labute approximate surface area is 138 Å². The van der Waals surface area contributed by atoms with Crippen molar-refractivity contribution in [1.82, 2.24) is 25.1 Å². The minimum atomic E-state index is -0.0840. The molecule has 0 saturated heterocycles. The fraction of sp³-hybridized carbons (Fsp3) is 0.375. The molecule has 23 heavy (non-hydrogen) atoms. The second-order valence-corrected chi connectivity index (χ2v) is 6.86. The summed E-state index contributed by atoms with van der Waals surface area (Å²) in [7, 11) is 0. The van der Waals surface area contributed by atoms with Gasteiger partial charge in [0.1, 0.15) is 11.6 Å². The molecule has 2 aromatic heterocycles. The summed E-state index contributed by atoms with van der Waals surface area (Å²) >= 11 is 1.60. The summed E-state index contributed by atoms with van der Waals surface area (Å²) in [5, 5.41) is 8.32. The van der Waals surface area contributed by atoms with Crippen LogP contribution in [0, 0.1) is 20.8 Å². The summed E-state index contributed by atoms with van der Waals surface area (Å²) in [6, 6.07) is 5.65. The number of carbonyl (C=O) groups excluding carboxylic acids is 1. The van der Waals surface area contributed by atoms with Crippen LogP contribution in [0.15, 0.2) is 18.2 Å². The topological polar surface area (TPSA) is 72.7 Å². The third kappa shape index (κ3) is 3.24. The SMILES string of the molecule is Cc1nc(C)n([C@H](C)CNC(=O)c2ccc3nc(C)sc3c2)n1. The maximum atomic E-state index is 12.3. The van der Waals surface area contributed by atoms with Crippen molar-refractivity contribution in [1.29, 1.82) is 0 Å². The fourth-order valence-electron chi connectivity index (χ4n) is 2.56. The van der Waals surface area contributed by atoms with Gasteiger partial charge in [0.25, 0.3) is 5.91 Å². The fourth-order valence-corrected chi connectivity index (χ4v) is 3.43. The first-order valence-corrected chi connectivity index (χ1v) is 8.31. The Kier molecular flexibility index (Phi) is 4.12. The van der Waals surface area contributed by atoms with E-state index in [0.717, 1.165) is 26.9 Å². The molecule has 1 N–H and O–H groups in total. The van der Waals surface area contributed by atoms with Gasteiger partial charge in [-0.1, -0.05) is 0 Å². The van der Waals surface area contributed by atoms with Gasteiger partial charge in [0.2, 0.25) is 0 Å². The Morgan fingerprint density at radius 3 is 2.78 bits per heavy atom. The molecule has 120 valence electrons. The van der Waals surface area contributed by atoms with Crippen LogP contribution in [-0.2, 0) is 0 Å². The molecule has 7 heteroatoms. The number of nitrogens with one attached hydrogen (secondary N) is 1. The highest BCUT2D eigenvalue weighted by atomic mass is 32.1. The van der Waals surface area contributed by atoms with E-state index in [4.69, 9.17) is 0 Å². The molecular weight excluding hydrogens is 310 g/mol. The number of fused-ring (bicyclic) bond motifs is 1. The van der Waals surface area contributed by atoms with Crippen LogP contribution >= 0.6 is 11.3 Å². The van der Waals surface area contributed by atoms with Gasteiger partial charge in [0.05, 0.1) is 21.3 Å². The minimum Gasteiger partial charge on any atom is -0.350 e. The molecule has 1 atom stereocenters. The van der Waals surface area contributed by atoms with Gasteiger partial charge in [-0.05, 0) is 45.9 Å². The van der Waals surface area contributed by atoms with Crippen LogP contribution in [0.3, 0.4) is 0 Å². The van der Waals surface area contributed by atoms with E-state index in [1.807, 2.05) is 50.6 Å². The van der Waals surface area contributed by atoms with Gasteiger partial charge in [-0.15, -0.1) is 11.3 Å². The summed E-state index contributed by atoms with van der Waals surface area (Å²) in [5.41, 5.74) is 1.59. The van der Waals surface area contributed by atoms with Crippen LogP contribution in [0.1, 0.15) is 40.0 Å². The van der Waals surface area contributed by atoms with Gasteiger partial charge in [-0.2, -0.15) is 5.10 Å². The predicted octanol–water partition coefficient (Wildman–Crippen LogP) is 2.80. The van der Waals surface area contributed by atoms with Gasteiger partial charge >= 0.3 is 0 Å². The van der Waals surface area contributed by atoms with E-state index in [9.17, 15) is 4.79 Å². The van der Waals surface area contributed by atoms with Crippen LogP contribution in [0.4, 0.5) is 0 Å². The highest BCUT2D eigenvalue weighted by molar-refractivity contribution is 7.18. The first-order chi connectivity index (χ1) is 10.9. The largest absolute Gasteiger partial charge is 0.350 e. The second kappa shape index (κ2) is 6.08. The number of rotatable bonds is 4. The lowest BCUT2D eigenvalue weighted by Crippen LogP contribution is -2.30. The van der Waals surface area contributed by atoms with Crippen molar-refractivity contribution in [3.8, 4) is 0 Å². The van der Waals surface area contributed by atoms with Crippen molar-refractivity contribution < 1.29 is 4.79 Å². The molecule has 0 aliphatic heterocycles. The zero-order valence-corrected chi connectivity index (χ0v) is 14.4. The first-order valence-electron chi connectivity index (χ1n) is 7.49. The highest BCUT2D eigenvalue weighted by Gasteiger charge is 2.13. The van der Waals surface area contributed by atoms with Gasteiger partial charge in [-0.3, -0.25) is 4.79 Å². The van der Waals surface area contributed by atoms with Crippen LogP contribution in [0.2, 0.25) is 0 Å². The number of hydrogen-bond donors (Lipinski definition) is 1. The van der Waals surface area contributed by atoms with Crippen LogP contribution in [0.25, 0.3) is 10.2 Å². The molecule has 0 spiro atoms. The average molecular weight is 329 g/mol. The summed E-state index contributed by atoms with van der Waals surface area (Å²) < 4.78 is 2.87. The zero-order valence-electron chi connectivity index (χ0n) is 13.6. The number of thiazole rings is 1. The number of aryl methyl sites for hydroxylation is 3. The first kappa shape index (κ1) is 15.6. The molecule has 0 bridgehead atoms. The van der Waals surface area contributed by atoms with E-state index in [2.05, 4.69) is 20.4 Å². The minimum absolute atomic E-state index is 0.0505. The Morgan fingerprint density at radius 2 is 2.09 bits per heavy atom. The van der Waals surface area contributed by atoms with Crippen LogP contribution in [0.5, 0.6) is 0 Å². The summed E-state index contributed by atoms with van der Waals surface area (Å²) in [6.07, 6.45) is 0. The van der Waals surface area contributed by atoms with E-state index in [1.165, 1.54) is 0 Å². The van der Waals surface area contributed by atoms with Crippen molar-refractivity contribution in [2.24, 2.45) is 0 Å². The third-order valence-electron chi connectivity index (χ3n) is 3.64. The molecule has 2 heterocycles. The number of carbonyl (C=O) groups is 1. The Balaban J connectivity index is 1.69. The molecule has 6 nitrogen and oxygen atoms in total. The lowest BCUT2D eigenvalue weighted by atomic mass is 10.2. The monoisotopic (exact) mass is 329 g/mol. The highest BCUT2D eigenvalue weighted by Crippen LogP contribution is 2.22. The number of benzene rings is 1. The standard InChI is InChI=1S/C16H19N5OS/c1-9(21-11(3)18-10(2)20-21)8-17-16(22)13-5-6-14-15(7-13)23-12(4)19-14/h5-7,9H,8H2,1-4H3,(H,17,22)/t9-/m1/s1. The Morgan fingerprint density at radius 1 is 1.30 bits per heavy atom. The number of aromatic nitrogens is 4. The number of amides is 1. The maximum absolute atomic E-state index is 12.3. The van der Waals surface area contributed by atoms with Crippen molar-refractivity contribution >= 4 is 27.5 Å². The Hall–Kier alpha value is -2.28. The van der Waals surface area contributed by atoms with Crippen molar-refractivity contribution in [2.75, 3.05) is 6.54 Å². The molecule has 0 saturated carbocycles. The molecule has 0 aliphatic rings. The predicted molar refractivity (Wildman–Crippen MR) is 90.9 cm³/mol. The third-order valence-corrected chi connectivity index (χ3v) is 4.57. The van der Waals surface area contributed by atoms with Gasteiger partial charge < -0.3 is 5.32 Å². The lowest BCUT2D eigenvalue weighted by Gasteiger charge is -2.14. The number of hydrogen-bond acceptors (Lipinski definition) is 5. The molecule has 1 amide bonds. The molecule has 3 aromatic rings. The van der Waals surface area contributed by atoms with E-state index < -0.39 is 0 Å². The summed E-state index contributed by atoms with van der Waals surface area (Å²) in [6.45, 7) is 8.26. The average Bonchev–Trinajstić information content (AvgIpc) is 3.04. The van der Waals surface area contributed by atoms with Crippen LogP contribution < -0.4 is 5.32 Å². The van der Waals surface area contributed by atoms with E-state index in [1.54, 1.807) is 11.3 Å². The summed E-state index contributed by atoms with van der Waals surface area (Å²) in [5.74, 6) is 1.51. The van der Waals surface area contributed by atoms with Crippen molar-refractivity contribution in [3.05, 3.63) is 40.4 Å². The Bertz CT molecular complexity index is 867. The lowest BCUT2D eigenvalue weighted by molar-refractivity contribution is 0.0948. The van der Waals surface area contributed by atoms with Crippen molar-refractivity contribution in [2.45, 2.75) is 33.7 Å². The van der Waals surface area contributed by atoms with Gasteiger partial charge in [0.15, 0.2) is 0 Å². The molecule has 0 radical (unpaired) electrons. The normalized spacial score (nSPS) is 12.5. The second-order valence-electron chi connectivity index (χ2n) is 5.63. The number of nitrogens with zero attached hydrogens (tertiary/aromatic N) is 4. The van der Waals surface area contributed by atoms with Crippen molar-refractivity contribution in [3.63, 3.8) is 0 Å². The molecular formula is C16H19N5OS. The smallest absolute Gasteiger partial charge is 0.251 e. The van der Waals surface area contributed by atoms with Gasteiger partial charge in [-0.25, -0.2) is 14.6 Å².